The van der Waals surface area contributed by atoms with Gasteiger partial charge in [-0.05, 0) is 32.4 Å². The number of para-hydroxylation sites is 1. The number of carbonyl (C=O) groups is 1. The van der Waals surface area contributed by atoms with E-state index in [0.29, 0.717) is 36.9 Å². The van der Waals surface area contributed by atoms with Crippen LogP contribution in [0.25, 0.3) is 0 Å². The van der Waals surface area contributed by atoms with Gasteiger partial charge in [-0.2, -0.15) is 0 Å². The zero-order chi connectivity index (χ0) is 15.5. The highest BCUT2D eigenvalue weighted by Gasteiger charge is 2.18. The van der Waals surface area contributed by atoms with Crippen molar-refractivity contribution in [3.05, 3.63) is 23.8 Å². The van der Waals surface area contributed by atoms with Crippen molar-refractivity contribution in [2.75, 3.05) is 19.8 Å². The minimum Gasteiger partial charge on any atom is -0.490 e. The Morgan fingerprint density at radius 3 is 2.43 bits per heavy atom. The molecule has 0 bridgehead atoms. The fraction of sp³-hybridized carbons (Fsp3) is 0.588. The van der Waals surface area contributed by atoms with E-state index >= 15 is 0 Å². The molecule has 0 amide bonds. The first-order valence-electron chi connectivity index (χ1n) is 7.80. The van der Waals surface area contributed by atoms with Crippen LogP contribution in [-0.4, -0.2) is 25.8 Å². The standard InChI is InChI=1S/C17H26O4/c1-4-7-8-9-13-21-17(18)14-11-10-12-15(19-5-2)16(14)20-6-3/h10-12H,4-9,13H2,1-3H3. The molecule has 0 atom stereocenters. The maximum Gasteiger partial charge on any atom is 0.342 e. The molecule has 0 saturated heterocycles. The van der Waals surface area contributed by atoms with Crippen LogP contribution in [0.1, 0.15) is 56.8 Å². The first-order valence-corrected chi connectivity index (χ1v) is 7.80. The Balaban J connectivity index is 2.71. The van der Waals surface area contributed by atoms with Gasteiger partial charge in [-0.3, -0.25) is 0 Å². The number of benzene rings is 1. The van der Waals surface area contributed by atoms with E-state index in [1.165, 1.54) is 12.8 Å². The molecular formula is C17H26O4. The first kappa shape index (κ1) is 17.3. The summed E-state index contributed by atoms with van der Waals surface area (Å²) in [4.78, 5) is 12.2. The van der Waals surface area contributed by atoms with Crippen molar-refractivity contribution in [1.82, 2.24) is 0 Å². The maximum atomic E-state index is 12.2. The zero-order valence-corrected chi connectivity index (χ0v) is 13.3. The lowest BCUT2D eigenvalue weighted by Gasteiger charge is -2.14. The summed E-state index contributed by atoms with van der Waals surface area (Å²) >= 11 is 0. The quantitative estimate of drug-likeness (QED) is 0.479. The highest BCUT2D eigenvalue weighted by molar-refractivity contribution is 5.93. The SMILES string of the molecule is CCCCCCOC(=O)c1cccc(OCC)c1OCC. The molecule has 4 nitrogen and oxygen atoms in total. The van der Waals surface area contributed by atoms with E-state index in [0.717, 1.165) is 12.8 Å². The van der Waals surface area contributed by atoms with Gasteiger partial charge in [0.15, 0.2) is 11.5 Å². The van der Waals surface area contributed by atoms with Crippen LogP contribution in [0.3, 0.4) is 0 Å². The smallest absolute Gasteiger partial charge is 0.342 e. The van der Waals surface area contributed by atoms with Gasteiger partial charge in [0.2, 0.25) is 0 Å². The molecule has 0 aliphatic rings. The molecule has 0 spiro atoms. The van der Waals surface area contributed by atoms with E-state index in [4.69, 9.17) is 14.2 Å². The van der Waals surface area contributed by atoms with Crippen molar-refractivity contribution < 1.29 is 19.0 Å². The van der Waals surface area contributed by atoms with Crippen LogP contribution < -0.4 is 9.47 Å². The van der Waals surface area contributed by atoms with Crippen molar-refractivity contribution in [3.8, 4) is 11.5 Å². The molecule has 118 valence electrons. The van der Waals surface area contributed by atoms with Crippen LogP contribution in [-0.2, 0) is 4.74 Å². The van der Waals surface area contributed by atoms with Gasteiger partial charge in [0.25, 0.3) is 0 Å². The van der Waals surface area contributed by atoms with Crippen LogP contribution in [0.5, 0.6) is 11.5 Å². The minimum atomic E-state index is -0.350. The molecule has 0 aromatic heterocycles. The molecule has 0 radical (unpaired) electrons. The molecule has 0 fully saturated rings. The monoisotopic (exact) mass is 294 g/mol. The fourth-order valence-electron chi connectivity index (χ4n) is 2.01. The van der Waals surface area contributed by atoms with Crippen LogP contribution in [0.15, 0.2) is 18.2 Å². The predicted molar refractivity (Wildman–Crippen MR) is 83.2 cm³/mol. The average molecular weight is 294 g/mol. The number of hydrogen-bond donors (Lipinski definition) is 0. The largest absolute Gasteiger partial charge is 0.490 e. The van der Waals surface area contributed by atoms with Crippen molar-refractivity contribution in [2.24, 2.45) is 0 Å². The molecule has 0 saturated carbocycles. The number of carbonyl (C=O) groups excluding carboxylic acids is 1. The summed E-state index contributed by atoms with van der Waals surface area (Å²) < 4.78 is 16.4. The average Bonchev–Trinajstić information content (AvgIpc) is 2.49. The summed E-state index contributed by atoms with van der Waals surface area (Å²) in [5, 5.41) is 0. The van der Waals surface area contributed by atoms with E-state index in [2.05, 4.69) is 6.92 Å². The van der Waals surface area contributed by atoms with Gasteiger partial charge in [0, 0.05) is 0 Å². The van der Waals surface area contributed by atoms with Crippen LogP contribution in [0.2, 0.25) is 0 Å². The number of ether oxygens (including phenoxy) is 3. The molecule has 1 aromatic carbocycles. The van der Waals surface area contributed by atoms with Crippen LogP contribution in [0, 0.1) is 0 Å². The Kier molecular flexibility index (Phi) is 8.32. The second-order valence-corrected chi connectivity index (χ2v) is 4.70. The number of esters is 1. The van der Waals surface area contributed by atoms with Gasteiger partial charge in [0.1, 0.15) is 5.56 Å². The molecule has 1 rings (SSSR count). The lowest BCUT2D eigenvalue weighted by Crippen LogP contribution is -2.10. The second kappa shape index (κ2) is 10.1. The fourth-order valence-corrected chi connectivity index (χ4v) is 2.01. The van der Waals surface area contributed by atoms with Gasteiger partial charge >= 0.3 is 5.97 Å². The summed E-state index contributed by atoms with van der Waals surface area (Å²) in [5.74, 6) is 0.705. The van der Waals surface area contributed by atoms with Crippen LogP contribution in [0.4, 0.5) is 0 Å². The van der Waals surface area contributed by atoms with Crippen molar-refractivity contribution in [2.45, 2.75) is 46.5 Å². The molecule has 21 heavy (non-hydrogen) atoms. The highest BCUT2D eigenvalue weighted by atomic mass is 16.5. The van der Waals surface area contributed by atoms with E-state index in [9.17, 15) is 4.79 Å². The molecule has 0 aliphatic heterocycles. The zero-order valence-electron chi connectivity index (χ0n) is 13.3. The van der Waals surface area contributed by atoms with Gasteiger partial charge in [0.05, 0.1) is 19.8 Å². The number of hydrogen-bond acceptors (Lipinski definition) is 4. The molecular weight excluding hydrogens is 268 g/mol. The first-order chi connectivity index (χ1) is 10.2. The van der Waals surface area contributed by atoms with Gasteiger partial charge in [-0.25, -0.2) is 4.79 Å². The lowest BCUT2D eigenvalue weighted by atomic mass is 10.2. The summed E-state index contributed by atoms with van der Waals surface area (Å²) in [7, 11) is 0. The summed E-state index contributed by atoms with van der Waals surface area (Å²) in [5.41, 5.74) is 0.429. The molecule has 1 aromatic rings. The number of rotatable bonds is 10. The van der Waals surface area contributed by atoms with Gasteiger partial charge < -0.3 is 14.2 Å². The Morgan fingerprint density at radius 2 is 1.76 bits per heavy atom. The normalized spacial score (nSPS) is 10.2. The van der Waals surface area contributed by atoms with Gasteiger partial charge in [-0.15, -0.1) is 0 Å². The van der Waals surface area contributed by atoms with E-state index in [1.807, 2.05) is 13.8 Å². The van der Waals surface area contributed by atoms with Crippen molar-refractivity contribution >= 4 is 5.97 Å². The summed E-state index contributed by atoms with van der Waals surface area (Å²) in [6.45, 7) is 7.37. The van der Waals surface area contributed by atoms with Crippen molar-refractivity contribution in [3.63, 3.8) is 0 Å². The van der Waals surface area contributed by atoms with Crippen molar-refractivity contribution in [1.29, 1.82) is 0 Å². The molecule has 4 heteroatoms. The van der Waals surface area contributed by atoms with E-state index < -0.39 is 0 Å². The molecule has 0 N–H and O–H groups in total. The number of unbranched alkanes of at least 4 members (excludes halogenated alkanes) is 3. The Hall–Kier alpha value is -1.71. The summed E-state index contributed by atoms with van der Waals surface area (Å²) in [6.07, 6.45) is 4.32. The highest BCUT2D eigenvalue weighted by Crippen LogP contribution is 2.32. The third-order valence-corrected chi connectivity index (χ3v) is 3.02. The third-order valence-electron chi connectivity index (χ3n) is 3.02. The summed E-state index contributed by atoms with van der Waals surface area (Å²) in [6, 6.07) is 5.29. The molecule has 0 heterocycles. The maximum absolute atomic E-state index is 12.2. The Labute approximate surface area is 127 Å². The van der Waals surface area contributed by atoms with E-state index in [1.54, 1.807) is 18.2 Å². The third kappa shape index (κ3) is 5.66. The molecule has 0 aliphatic carbocycles. The molecule has 0 unspecified atom stereocenters. The lowest BCUT2D eigenvalue weighted by molar-refractivity contribution is 0.0492. The topological polar surface area (TPSA) is 44.8 Å². The van der Waals surface area contributed by atoms with Gasteiger partial charge in [-0.1, -0.05) is 32.3 Å². The van der Waals surface area contributed by atoms with Crippen LogP contribution >= 0.6 is 0 Å². The Bertz CT molecular complexity index is 429. The van der Waals surface area contributed by atoms with E-state index in [-0.39, 0.29) is 5.97 Å². The Morgan fingerprint density at radius 1 is 1.00 bits per heavy atom. The second-order valence-electron chi connectivity index (χ2n) is 4.70. The minimum absolute atomic E-state index is 0.350. The predicted octanol–water partition coefficient (Wildman–Crippen LogP) is 4.22.